The third-order valence-electron chi connectivity index (χ3n) is 2.92. The van der Waals surface area contributed by atoms with Crippen LogP contribution >= 0.6 is 0 Å². The second kappa shape index (κ2) is 4.38. The van der Waals surface area contributed by atoms with Crippen LogP contribution in [0.4, 0.5) is 4.79 Å². The topological polar surface area (TPSA) is 83.9 Å². The van der Waals surface area contributed by atoms with Crippen LogP contribution in [0, 0.1) is 0 Å². The summed E-state index contributed by atoms with van der Waals surface area (Å²) in [5.41, 5.74) is -0.709. The van der Waals surface area contributed by atoms with Crippen molar-refractivity contribution in [1.29, 1.82) is 0 Å². The predicted octanol–water partition coefficient (Wildman–Crippen LogP) is 0.749. The summed E-state index contributed by atoms with van der Waals surface area (Å²) in [6.07, 6.45) is -0.715. The van der Waals surface area contributed by atoms with Gasteiger partial charge in [0.15, 0.2) is 9.84 Å². The Balaban J connectivity index is 3.09. The van der Waals surface area contributed by atoms with E-state index in [4.69, 9.17) is 4.74 Å². The van der Waals surface area contributed by atoms with E-state index in [9.17, 15) is 18.3 Å². The molecule has 1 fully saturated rings. The standard InChI is InChI=1S/C11H21NO5S/c1-10(2,3)17-9(14)12-8(6-13)7-18(15,16)11(12,4)5/h8,13H,6-7H2,1-5H3/t8-/m1/s1. The van der Waals surface area contributed by atoms with E-state index >= 15 is 0 Å². The number of rotatable bonds is 1. The van der Waals surface area contributed by atoms with Crippen molar-refractivity contribution in [3.63, 3.8) is 0 Å². The first-order valence-corrected chi connectivity index (χ1v) is 7.43. The molecule has 106 valence electrons. The molecule has 0 saturated carbocycles. The highest BCUT2D eigenvalue weighted by Gasteiger charge is 2.54. The fourth-order valence-electron chi connectivity index (χ4n) is 1.94. The Morgan fingerprint density at radius 3 is 2.33 bits per heavy atom. The molecule has 0 bridgehead atoms. The Labute approximate surface area is 108 Å². The zero-order valence-corrected chi connectivity index (χ0v) is 12.2. The third-order valence-corrected chi connectivity index (χ3v) is 5.46. The van der Waals surface area contributed by atoms with Gasteiger partial charge in [0.25, 0.3) is 0 Å². The summed E-state index contributed by atoms with van der Waals surface area (Å²) in [6, 6.07) is -0.750. The maximum atomic E-state index is 12.1. The summed E-state index contributed by atoms with van der Waals surface area (Å²) in [6.45, 7) is 7.61. The Bertz CT molecular complexity index is 435. The molecular formula is C11H21NO5S. The highest BCUT2D eigenvalue weighted by atomic mass is 32.2. The van der Waals surface area contributed by atoms with Crippen molar-refractivity contribution in [1.82, 2.24) is 4.90 Å². The summed E-state index contributed by atoms with van der Waals surface area (Å²) in [5, 5.41) is 9.23. The van der Waals surface area contributed by atoms with Gasteiger partial charge in [0.05, 0.1) is 18.4 Å². The van der Waals surface area contributed by atoms with Crippen LogP contribution in [0.25, 0.3) is 0 Å². The van der Waals surface area contributed by atoms with E-state index in [1.165, 1.54) is 13.8 Å². The molecule has 0 radical (unpaired) electrons. The fraction of sp³-hybridized carbons (Fsp3) is 0.909. The minimum Gasteiger partial charge on any atom is -0.444 e. The van der Waals surface area contributed by atoms with Crippen LogP contribution < -0.4 is 0 Å². The molecule has 1 rings (SSSR count). The third kappa shape index (κ3) is 2.61. The molecule has 7 heteroatoms. The number of aliphatic hydroxyl groups excluding tert-OH is 1. The van der Waals surface area contributed by atoms with E-state index in [2.05, 4.69) is 0 Å². The van der Waals surface area contributed by atoms with E-state index in [0.29, 0.717) is 0 Å². The lowest BCUT2D eigenvalue weighted by Crippen LogP contribution is -2.51. The second-order valence-corrected chi connectivity index (χ2v) is 8.48. The van der Waals surface area contributed by atoms with Gasteiger partial charge in [-0.2, -0.15) is 0 Å². The molecule has 1 heterocycles. The van der Waals surface area contributed by atoms with Gasteiger partial charge < -0.3 is 9.84 Å². The zero-order valence-electron chi connectivity index (χ0n) is 11.4. The highest BCUT2D eigenvalue weighted by molar-refractivity contribution is 7.93. The van der Waals surface area contributed by atoms with Crippen molar-refractivity contribution < 1.29 is 23.1 Å². The molecule has 1 aliphatic rings. The van der Waals surface area contributed by atoms with E-state index in [1.807, 2.05) is 0 Å². The van der Waals surface area contributed by atoms with Gasteiger partial charge in [-0.05, 0) is 34.6 Å². The molecule has 1 atom stereocenters. The summed E-state index contributed by atoms with van der Waals surface area (Å²) in [5.74, 6) is -0.240. The van der Waals surface area contributed by atoms with E-state index in [0.717, 1.165) is 4.90 Å². The minimum atomic E-state index is -3.47. The number of carbonyl (C=O) groups is 1. The number of nitrogens with zero attached hydrogens (tertiary/aromatic N) is 1. The van der Waals surface area contributed by atoms with Gasteiger partial charge >= 0.3 is 6.09 Å². The van der Waals surface area contributed by atoms with E-state index < -0.39 is 39.1 Å². The van der Waals surface area contributed by atoms with Crippen LogP contribution in [0.3, 0.4) is 0 Å². The molecule has 1 N–H and O–H groups in total. The molecule has 0 aromatic heterocycles. The van der Waals surface area contributed by atoms with Gasteiger partial charge in [0.1, 0.15) is 10.5 Å². The minimum absolute atomic E-state index is 0.240. The smallest absolute Gasteiger partial charge is 0.411 e. The molecule has 1 amide bonds. The van der Waals surface area contributed by atoms with Gasteiger partial charge in [-0.25, -0.2) is 13.2 Å². The van der Waals surface area contributed by atoms with E-state index in [1.54, 1.807) is 20.8 Å². The number of sulfone groups is 1. The van der Waals surface area contributed by atoms with Crippen LogP contribution in [0.2, 0.25) is 0 Å². The van der Waals surface area contributed by atoms with Gasteiger partial charge in [-0.3, -0.25) is 4.90 Å². The van der Waals surface area contributed by atoms with Crippen molar-refractivity contribution in [3.8, 4) is 0 Å². The SMILES string of the molecule is CC(C)(C)OC(=O)N1[C@H](CO)CS(=O)(=O)C1(C)C. The number of hydrogen-bond acceptors (Lipinski definition) is 5. The average molecular weight is 279 g/mol. The van der Waals surface area contributed by atoms with Crippen molar-refractivity contribution in [3.05, 3.63) is 0 Å². The fourth-order valence-corrected chi connectivity index (χ4v) is 3.63. The Kier molecular flexibility index (Phi) is 3.71. The normalized spacial score (nSPS) is 26.1. The van der Waals surface area contributed by atoms with Gasteiger partial charge in [-0.15, -0.1) is 0 Å². The van der Waals surface area contributed by atoms with Gasteiger partial charge in [0, 0.05) is 0 Å². The van der Waals surface area contributed by atoms with Crippen LogP contribution in [0.5, 0.6) is 0 Å². The Hall–Kier alpha value is -0.820. The van der Waals surface area contributed by atoms with Gasteiger partial charge in [-0.1, -0.05) is 0 Å². The maximum Gasteiger partial charge on any atom is 0.411 e. The molecule has 0 aromatic carbocycles. The highest BCUT2D eigenvalue weighted by Crippen LogP contribution is 2.34. The van der Waals surface area contributed by atoms with Crippen LogP contribution in [-0.2, 0) is 14.6 Å². The molecule has 1 saturated heterocycles. The summed E-state index contributed by atoms with van der Waals surface area (Å²) >= 11 is 0. The summed E-state index contributed by atoms with van der Waals surface area (Å²) < 4.78 is 29.1. The molecule has 0 unspecified atom stereocenters. The lowest BCUT2D eigenvalue weighted by atomic mass is 10.2. The molecule has 0 aliphatic carbocycles. The first-order valence-electron chi connectivity index (χ1n) is 5.78. The molecule has 1 aliphatic heterocycles. The number of hydrogen-bond donors (Lipinski definition) is 1. The second-order valence-electron chi connectivity index (χ2n) is 5.91. The lowest BCUT2D eigenvalue weighted by molar-refractivity contribution is 0.00301. The summed E-state index contributed by atoms with van der Waals surface area (Å²) in [4.78, 5) is 11.8. The molecular weight excluding hydrogens is 258 g/mol. The lowest BCUT2D eigenvalue weighted by Gasteiger charge is -2.34. The summed E-state index contributed by atoms with van der Waals surface area (Å²) in [7, 11) is -3.47. The van der Waals surface area contributed by atoms with Crippen molar-refractivity contribution in [2.45, 2.75) is 51.1 Å². The average Bonchev–Trinajstić information content (AvgIpc) is 2.29. The van der Waals surface area contributed by atoms with Crippen LogP contribution in [0.1, 0.15) is 34.6 Å². The molecule has 0 aromatic rings. The van der Waals surface area contributed by atoms with E-state index in [-0.39, 0.29) is 5.75 Å². The van der Waals surface area contributed by atoms with Crippen molar-refractivity contribution in [2.75, 3.05) is 12.4 Å². The number of aliphatic hydroxyl groups is 1. The Morgan fingerprint density at radius 2 is 1.94 bits per heavy atom. The monoisotopic (exact) mass is 279 g/mol. The zero-order chi connectivity index (χ0) is 14.4. The van der Waals surface area contributed by atoms with Crippen molar-refractivity contribution in [2.24, 2.45) is 0 Å². The first kappa shape index (κ1) is 15.2. The first-order chi connectivity index (χ1) is 7.92. The largest absolute Gasteiger partial charge is 0.444 e. The number of ether oxygens (including phenoxy) is 1. The van der Waals surface area contributed by atoms with Crippen molar-refractivity contribution >= 4 is 15.9 Å². The van der Waals surface area contributed by atoms with Gasteiger partial charge in [0.2, 0.25) is 0 Å². The van der Waals surface area contributed by atoms with Crippen LogP contribution in [0.15, 0.2) is 0 Å². The molecule has 6 nitrogen and oxygen atoms in total. The molecule has 0 spiro atoms. The quantitative estimate of drug-likeness (QED) is 0.765. The maximum absolute atomic E-state index is 12.1. The molecule has 18 heavy (non-hydrogen) atoms. The Morgan fingerprint density at radius 1 is 1.44 bits per heavy atom. The predicted molar refractivity (Wildman–Crippen MR) is 66.8 cm³/mol. The van der Waals surface area contributed by atoms with Crippen LogP contribution in [-0.4, -0.2) is 53.4 Å². The number of amides is 1. The number of carbonyl (C=O) groups excluding carboxylic acids is 1.